The van der Waals surface area contributed by atoms with E-state index >= 15 is 0 Å². The van der Waals surface area contributed by atoms with Crippen LogP contribution >= 0.6 is 0 Å². The van der Waals surface area contributed by atoms with Gasteiger partial charge in [0.05, 0.1) is 6.61 Å². The molecular formula is C22H34O3. The Hall–Kier alpha value is -1.87. The van der Waals surface area contributed by atoms with Crippen molar-refractivity contribution < 1.29 is 15.0 Å². The van der Waals surface area contributed by atoms with Crippen molar-refractivity contribution in [3.05, 3.63) is 58.7 Å². The van der Waals surface area contributed by atoms with E-state index in [4.69, 9.17) is 15.0 Å². The van der Waals surface area contributed by atoms with Crippen molar-refractivity contribution >= 4 is 5.97 Å². The molecule has 1 aliphatic rings. The van der Waals surface area contributed by atoms with E-state index in [9.17, 15) is 0 Å². The number of carbonyl (C=O) groups is 1. The first-order valence-electron chi connectivity index (χ1n) is 8.80. The maximum absolute atomic E-state index is 9.00. The lowest BCUT2D eigenvalue weighted by Gasteiger charge is -2.32. The van der Waals surface area contributed by atoms with Crippen molar-refractivity contribution in [2.45, 2.75) is 60.8 Å². The molecule has 2 N–H and O–H groups in total. The van der Waals surface area contributed by atoms with Crippen LogP contribution in [0.1, 0.15) is 60.8 Å². The maximum atomic E-state index is 9.00. The predicted octanol–water partition coefficient (Wildman–Crippen LogP) is 5.60. The van der Waals surface area contributed by atoms with Crippen LogP contribution in [-0.4, -0.2) is 22.8 Å². The summed E-state index contributed by atoms with van der Waals surface area (Å²) < 4.78 is 0. The molecule has 0 spiro atoms. The van der Waals surface area contributed by atoms with E-state index < -0.39 is 5.97 Å². The molecule has 25 heavy (non-hydrogen) atoms. The van der Waals surface area contributed by atoms with Gasteiger partial charge in [0, 0.05) is 6.92 Å². The summed E-state index contributed by atoms with van der Waals surface area (Å²) in [5.41, 5.74) is 5.66. The minimum atomic E-state index is -0.833. The highest BCUT2D eigenvalue weighted by atomic mass is 16.4. The van der Waals surface area contributed by atoms with E-state index in [1.165, 1.54) is 36.0 Å². The molecule has 3 nitrogen and oxygen atoms in total. The fourth-order valence-corrected chi connectivity index (χ4v) is 2.84. The highest BCUT2D eigenvalue weighted by Gasteiger charge is 2.26. The summed E-state index contributed by atoms with van der Waals surface area (Å²) in [5.74, 6) is -0.833. The maximum Gasteiger partial charge on any atom is 0.300 e. The fourth-order valence-electron chi connectivity index (χ4n) is 2.84. The number of rotatable bonds is 5. The molecule has 0 aliphatic heterocycles. The predicted molar refractivity (Wildman–Crippen MR) is 107 cm³/mol. The van der Waals surface area contributed by atoms with E-state index in [1.807, 2.05) is 19.1 Å². The van der Waals surface area contributed by atoms with Gasteiger partial charge in [-0.3, -0.25) is 4.79 Å². The summed E-state index contributed by atoms with van der Waals surface area (Å²) in [7, 11) is 0. The van der Waals surface area contributed by atoms with Crippen molar-refractivity contribution in [3.8, 4) is 0 Å². The van der Waals surface area contributed by atoms with Gasteiger partial charge < -0.3 is 10.2 Å². The van der Waals surface area contributed by atoms with Crippen LogP contribution in [0.3, 0.4) is 0 Å². The molecule has 1 aliphatic carbocycles. The highest BCUT2D eigenvalue weighted by Crippen LogP contribution is 2.40. The SMILES string of the molecule is CC(=O)O.CC1=C(/C=C/C(C)=C/C=C/C(C)=C/CO)C(C)(C)CCC1. The minimum absolute atomic E-state index is 0.0985. The first-order valence-corrected chi connectivity index (χ1v) is 8.80. The number of aliphatic carboxylic acids is 1. The Balaban J connectivity index is 0.00000129. The molecule has 0 aromatic carbocycles. The Morgan fingerprint density at radius 2 is 1.76 bits per heavy atom. The molecule has 0 saturated heterocycles. The summed E-state index contributed by atoms with van der Waals surface area (Å²) in [5, 5.41) is 16.2. The van der Waals surface area contributed by atoms with Crippen LogP contribution in [0.4, 0.5) is 0 Å². The lowest BCUT2D eigenvalue weighted by atomic mass is 9.72. The number of carboxylic acids is 1. The molecule has 3 heteroatoms. The molecule has 0 heterocycles. The van der Waals surface area contributed by atoms with Crippen LogP contribution < -0.4 is 0 Å². The third kappa shape index (κ3) is 10.6. The van der Waals surface area contributed by atoms with Crippen LogP contribution in [0.2, 0.25) is 0 Å². The van der Waals surface area contributed by atoms with Crippen LogP contribution in [-0.2, 0) is 4.79 Å². The molecule has 0 unspecified atom stereocenters. The summed E-state index contributed by atoms with van der Waals surface area (Å²) in [6.45, 7) is 12.3. The first-order chi connectivity index (χ1) is 11.6. The molecule has 0 fully saturated rings. The van der Waals surface area contributed by atoms with Gasteiger partial charge in [0.1, 0.15) is 0 Å². The van der Waals surface area contributed by atoms with E-state index in [1.54, 1.807) is 6.08 Å². The molecule has 0 radical (unpaired) electrons. The fraction of sp³-hybridized carbons (Fsp3) is 0.500. The average molecular weight is 347 g/mol. The molecule has 0 aromatic rings. The minimum Gasteiger partial charge on any atom is -0.481 e. The Morgan fingerprint density at radius 3 is 2.28 bits per heavy atom. The van der Waals surface area contributed by atoms with Gasteiger partial charge in [-0.15, -0.1) is 0 Å². The van der Waals surface area contributed by atoms with E-state index in [-0.39, 0.29) is 6.61 Å². The molecular weight excluding hydrogens is 312 g/mol. The lowest BCUT2D eigenvalue weighted by Crippen LogP contribution is -2.19. The number of aliphatic hydroxyl groups is 1. The van der Waals surface area contributed by atoms with Gasteiger partial charge in [0.25, 0.3) is 5.97 Å². The van der Waals surface area contributed by atoms with Crippen molar-refractivity contribution in [2.75, 3.05) is 6.61 Å². The second-order valence-corrected chi connectivity index (χ2v) is 7.18. The van der Waals surface area contributed by atoms with Gasteiger partial charge in [-0.1, -0.05) is 67.0 Å². The lowest BCUT2D eigenvalue weighted by molar-refractivity contribution is -0.134. The number of carboxylic acid groups (broad SMARTS) is 1. The summed E-state index contributed by atoms with van der Waals surface area (Å²) >= 11 is 0. The van der Waals surface area contributed by atoms with E-state index in [0.717, 1.165) is 12.5 Å². The van der Waals surface area contributed by atoms with Gasteiger partial charge >= 0.3 is 0 Å². The second kappa shape index (κ2) is 11.6. The Labute approximate surface area is 153 Å². The molecule has 140 valence electrons. The van der Waals surface area contributed by atoms with E-state index in [2.05, 4.69) is 45.9 Å². The average Bonchev–Trinajstić information content (AvgIpc) is 2.45. The van der Waals surface area contributed by atoms with Gasteiger partial charge in [0.2, 0.25) is 0 Å². The van der Waals surface area contributed by atoms with Crippen LogP contribution in [0, 0.1) is 5.41 Å². The van der Waals surface area contributed by atoms with Gasteiger partial charge in [-0.25, -0.2) is 0 Å². The molecule has 0 atom stereocenters. The van der Waals surface area contributed by atoms with Crippen LogP contribution in [0.15, 0.2) is 58.7 Å². The Kier molecular flexibility index (Phi) is 10.8. The largest absolute Gasteiger partial charge is 0.481 e. The van der Waals surface area contributed by atoms with Gasteiger partial charge in [-0.05, 0) is 51.0 Å². The number of aliphatic hydroxyl groups excluding tert-OH is 1. The standard InChI is InChI=1S/C20H30O.C2H4O2/c1-16(8-6-9-17(2)13-15-21)11-12-19-18(3)10-7-14-20(19,4)5;1-2(3)4/h6,8-9,11-13,21H,7,10,14-15H2,1-5H3;1H3,(H,3,4)/b9-6+,12-11+,16-8+,17-13+;. The molecule has 0 aromatic heterocycles. The topological polar surface area (TPSA) is 57.5 Å². The molecule has 0 bridgehead atoms. The third-order valence-electron chi connectivity index (χ3n) is 4.19. The molecule has 1 rings (SSSR count). The van der Waals surface area contributed by atoms with Crippen molar-refractivity contribution in [3.63, 3.8) is 0 Å². The summed E-state index contributed by atoms with van der Waals surface area (Å²) in [4.78, 5) is 9.00. The van der Waals surface area contributed by atoms with Crippen LogP contribution in [0.25, 0.3) is 0 Å². The van der Waals surface area contributed by atoms with Crippen LogP contribution in [0.5, 0.6) is 0 Å². The number of allylic oxidation sites excluding steroid dienone is 9. The zero-order valence-corrected chi connectivity index (χ0v) is 16.6. The molecule has 0 saturated carbocycles. The second-order valence-electron chi connectivity index (χ2n) is 7.18. The van der Waals surface area contributed by atoms with Crippen molar-refractivity contribution in [1.82, 2.24) is 0 Å². The summed E-state index contributed by atoms with van der Waals surface area (Å²) in [6.07, 6.45) is 16.3. The van der Waals surface area contributed by atoms with Gasteiger partial charge in [-0.2, -0.15) is 0 Å². The Morgan fingerprint density at radius 1 is 1.16 bits per heavy atom. The normalized spacial score (nSPS) is 18.5. The zero-order chi connectivity index (χ0) is 19.5. The smallest absolute Gasteiger partial charge is 0.300 e. The number of hydrogen-bond acceptors (Lipinski definition) is 2. The molecule has 0 amide bonds. The monoisotopic (exact) mass is 346 g/mol. The number of hydrogen-bond donors (Lipinski definition) is 2. The quantitative estimate of drug-likeness (QED) is 0.637. The first kappa shape index (κ1) is 23.1. The third-order valence-corrected chi connectivity index (χ3v) is 4.19. The Bertz CT molecular complexity index is 580. The van der Waals surface area contributed by atoms with Gasteiger partial charge in [0.15, 0.2) is 0 Å². The highest BCUT2D eigenvalue weighted by molar-refractivity contribution is 5.62. The van der Waals surface area contributed by atoms with Crippen molar-refractivity contribution in [2.24, 2.45) is 5.41 Å². The summed E-state index contributed by atoms with van der Waals surface area (Å²) in [6, 6.07) is 0. The van der Waals surface area contributed by atoms with E-state index in [0.29, 0.717) is 5.41 Å². The van der Waals surface area contributed by atoms with Crippen molar-refractivity contribution in [1.29, 1.82) is 0 Å². The zero-order valence-electron chi connectivity index (χ0n) is 16.6.